The number of likely N-dealkylation sites (N-methyl/N-ethyl adjacent to an activating group) is 1. The van der Waals surface area contributed by atoms with Gasteiger partial charge in [0.1, 0.15) is 0 Å². The SMILES string of the molecule is C=CCCN(CC)CC=C. The molecule has 0 radical (unpaired) electrons. The first-order valence-electron chi connectivity index (χ1n) is 3.79. The zero-order chi connectivity index (χ0) is 7.82. The van der Waals surface area contributed by atoms with Crippen LogP contribution in [-0.4, -0.2) is 24.5 Å². The molecule has 0 aliphatic carbocycles. The lowest BCUT2D eigenvalue weighted by Gasteiger charge is -2.16. The zero-order valence-corrected chi connectivity index (χ0v) is 6.84. The number of hydrogen-bond donors (Lipinski definition) is 0. The first-order valence-corrected chi connectivity index (χ1v) is 3.79. The van der Waals surface area contributed by atoms with Crippen molar-refractivity contribution in [3.8, 4) is 0 Å². The summed E-state index contributed by atoms with van der Waals surface area (Å²) in [6.45, 7) is 12.7. The first kappa shape index (κ1) is 9.44. The molecule has 0 saturated carbocycles. The highest BCUT2D eigenvalue weighted by molar-refractivity contribution is 4.75. The molecule has 0 aliphatic heterocycles. The molecule has 0 amide bonds. The van der Waals surface area contributed by atoms with E-state index in [0.29, 0.717) is 0 Å². The van der Waals surface area contributed by atoms with E-state index in [1.54, 1.807) is 0 Å². The summed E-state index contributed by atoms with van der Waals surface area (Å²) in [4.78, 5) is 2.33. The van der Waals surface area contributed by atoms with Crippen LogP contribution in [0.3, 0.4) is 0 Å². The molecule has 0 aromatic rings. The van der Waals surface area contributed by atoms with Gasteiger partial charge in [-0.15, -0.1) is 13.2 Å². The van der Waals surface area contributed by atoms with Gasteiger partial charge in [0.2, 0.25) is 0 Å². The van der Waals surface area contributed by atoms with Crippen LogP contribution in [0, 0.1) is 0 Å². The Bertz CT molecular complexity index is 96.9. The molecule has 0 fully saturated rings. The third-order valence-corrected chi connectivity index (χ3v) is 1.48. The zero-order valence-electron chi connectivity index (χ0n) is 6.84. The Hall–Kier alpha value is -0.560. The standard InChI is InChI=1S/C9H17N/c1-4-7-9-10(6-3)8-5-2/h4-5H,1-2,6-9H2,3H3. The lowest BCUT2D eigenvalue weighted by atomic mass is 10.3. The van der Waals surface area contributed by atoms with Crippen molar-refractivity contribution in [1.82, 2.24) is 4.90 Å². The highest BCUT2D eigenvalue weighted by Gasteiger charge is 1.95. The Morgan fingerprint density at radius 2 is 2.00 bits per heavy atom. The van der Waals surface area contributed by atoms with Gasteiger partial charge in [0.15, 0.2) is 0 Å². The molecule has 1 nitrogen and oxygen atoms in total. The predicted molar refractivity (Wildman–Crippen MR) is 47.1 cm³/mol. The summed E-state index contributed by atoms with van der Waals surface area (Å²) in [6, 6.07) is 0. The minimum atomic E-state index is 0.990. The largest absolute Gasteiger partial charge is 0.300 e. The van der Waals surface area contributed by atoms with E-state index >= 15 is 0 Å². The van der Waals surface area contributed by atoms with Gasteiger partial charge in [-0.05, 0) is 13.0 Å². The molecule has 0 atom stereocenters. The molecule has 0 rings (SSSR count). The predicted octanol–water partition coefficient (Wildman–Crippen LogP) is 2.07. The number of rotatable bonds is 6. The highest BCUT2D eigenvalue weighted by Crippen LogP contribution is 1.90. The molecule has 0 N–H and O–H groups in total. The van der Waals surface area contributed by atoms with Crippen LogP contribution in [0.1, 0.15) is 13.3 Å². The summed E-state index contributed by atoms with van der Waals surface area (Å²) in [5.74, 6) is 0. The minimum absolute atomic E-state index is 0.990. The normalized spacial score (nSPS) is 9.80. The first-order chi connectivity index (χ1) is 4.85. The van der Waals surface area contributed by atoms with E-state index in [2.05, 4.69) is 25.0 Å². The minimum Gasteiger partial charge on any atom is -0.300 e. The average molecular weight is 139 g/mol. The van der Waals surface area contributed by atoms with Crippen molar-refractivity contribution in [2.75, 3.05) is 19.6 Å². The lowest BCUT2D eigenvalue weighted by Crippen LogP contribution is -2.23. The van der Waals surface area contributed by atoms with Crippen LogP contribution in [0.25, 0.3) is 0 Å². The van der Waals surface area contributed by atoms with Crippen molar-refractivity contribution in [3.05, 3.63) is 25.3 Å². The summed E-state index contributed by atoms with van der Waals surface area (Å²) in [5.41, 5.74) is 0. The fourth-order valence-electron chi connectivity index (χ4n) is 0.835. The maximum absolute atomic E-state index is 3.69. The van der Waals surface area contributed by atoms with Crippen LogP contribution in [0.15, 0.2) is 25.3 Å². The third kappa shape index (κ3) is 4.33. The maximum Gasteiger partial charge on any atom is 0.0160 e. The molecule has 0 aliphatic rings. The van der Waals surface area contributed by atoms with E-state index in [1.807, 2.05) is 12.2 Å². The molecule has 10 heavy (non-hydrogen) atoms. The van der Waals surface area contributed by atoms with Crippen molar-refractivity contribution < 1.29 is 0 Å². The summed E-state index contributed by atoms with van der Waals surface area (Å²) >= 11 is 0. The fraction of sp³-hybridized carbons (Fsp3) is 0.556. The second-order valence-electron chi connectivity index (χ2n) is 2.26. The molecule has 0 aromatic carbocycles. The molecular weight excluding hydrogens is 122 g/mol. The quantitative estimate of drug-likeness (QED) is 0.509. The smallest absolute Gasteiger partial charge is 0.0160 e. The summed E-state index contributed by atoms with van der Waals surface area (Å²) in [5, 5.41) is 0. The van der Waals surface area contributed by atoms with Gasteiger partial charge in [0.25, 0.3) is 0 Å². The van der Waals surface area contributed by atoms with Crippen LogP contribution in [0.2, 0.25) is 0 Å². The van der Waals surface area contributed by atoms with Crippen LogP contribution >= 0.6 is 0 Å². The lowest BCUT2D eigenvalue weighted by molar-refractivity contribution is 0.326. The van der Waals surface area contributed by atoms with Gasteiger partial charge in [-0.25, -0.2) is 0 Å². The monoisotopic (exact) mass is 139 g/mol. The van der Waals surface area contributed by atoms with Gasteiger partial charge in [-0.2, -0.15) is 0 Å². The van der Waals surface area contributed by atoms with Crippen LogP contribution < -0.4 is 0 Å². The van der Waals surface area contributed by atoms with E-state index < -0.39 is 0 Å². The molecule has 0 saturated heterocycles. The molecule has 0 aromatic heterocycles. The second-order valence-corrected chi connectivity index (χ2v) is 2.26. The van der Waals surface area contributed by atoms with Gasteiger partial charge < -0.3 is 0 Å². The van der Waals surface area contributed by atoms with Gasteiger partial charge in [-0.3, -0.25) is 4.90 Å². The van der Waals surface area contributed by atoms with Crippen molar-refractivity contribution in [2.45, 2.75) is 13.3 Å². The molecule has 0 spiro atoms. The third-order valence-electron chi connectivity index (χ3n) is 1.48. The van der Waals surface area contributed by atoms with E-state index in [-0.39, 0.29) is 0 Å². The van der Waals surface area contributed by atoms with Crippen molar-refractivity contribution >= 4 is 0 Å². The fourth-order valence-corrected chi connectivity index (χ4v) is 0.835. The maximum atomic E-state index is 3.69. The highest BCUT2D eigenvalue weighted by atomic mass is 15.1. The Balaban J connectivity index is 3.38. The Labute approximate surface area is 64.0 Å². The van der Waals surface area contributed by atoms with Crippen LogP contribution in [0.4, 0.5) is 0 Å². The van der Waals surface area contributed by atoms with Crippen LogP contribution in [0.5, 0.6) is 0 Å². The van der Waals surface area contributed by atoms with E-state index in [1.165, 1.54) is 0 Å². The van der Waals surface area contributed by atoms with Gasteiger partial charge in [-0.1, -0.05) is 19.1 Å². The molecular formula is C9H17N. The topological polar surface area (TPSA) is 3.24 Å². The van der Waals surface area contributed by atoms with Crippen molar-refractivity contribution in [2.24, 2.45) is 0 Å². The summed E-state index contributed by atoms with van der Waals surface area (Å²) in [6.07, 6.45) is 4.96. The average Bonchev–Trinajstić information content (AvgIpc) is 1.98. The number of hydrogen-bond acceptors (Lipinski definition) is 1. The second kappa shape index (κ2) is 6.56. The Morgan fingerprint density at radius 1 is 1.30 bits per heavy atom. The van der Waals surface area contributed by atoms with E-state index in [9.17, 15) is 0 Å². The Morgan fingerprint density at radius 3 is 2.40 bits per heavy atom. The van der Waals surface area contributed by atoms with Gasteiger partial charge in [0.05, 0.1) is 0 Å². The van der Waals surface area contributed by atoms with Gasteiger partial charge in [0, 0.05) is 13.1 Å². The molecule has 0 unspecified atom stereocenters. The van der Waals surface area contributed by atoms with E-state index in [0.717, 1.165) is 26.1 Å². The molecule has 58 valence electrons. The molecule has 0 heterocycles. The summed E-state index contributed by atoms with van der Waals surface area (Å²) < 4.78 is 0. The molecule has 1 heteroatoms. The number of nitrogens with zero attached hydrogens (tertiary/aromatic N) is 1. The summed E-state index contributed by atoms with van der Waals surface area (Å²) in [7, 11) is 0. The Kier molecular flexibility index (Phi) is 6.19. The van der Waals surface area contributed by atoms with Gasteiger partial charge >= 0.3 is 0 Å². The van der Waals surface area contributed by atoms with Crippen LogP contribution in [-0.2, 0) is 0 Å². The molecule has 0 bridgehead atoms. The van der Waals surface area contributed by atoms with Crippen molar-refractivity contribution in [3.63, 3.8) is 0 Å². The van der Waals surface area contributed by atoms with Crippen molar-refractivity contribution in [1.29, 1.82) is 0 Å². The van der Waals surface area contributed by atoms with E-state index in [4.69, 9.17) is 0 Å².